The number of anilines is 1. The fourth-order valence-electron chi connectivity index (χ4n) is 2.61. The lowest BCUT2D eigenvalue weighted by Gasteiger charge is -2.14. The van der Waals surface area contributed by atoms with E-state index in [1.54, 1.807) is 18.3 Å². The number of hydrogen-bond donors (Lipinski definition) is 1. The van der Waals surface area contributed by atoms with E-state index >= 15 is 0 Å². The van der Waals surface area contributed by atoms with Crippen molar-refractivity contribution in [2.45, 2.75) is 26.1 Å². The zero-order valence-electron chi connectivity index (χ0n) is 18.8. The molecule has 0 atom stereocenters. The molecule has 0 bridgehead atoms. The van der Waals surface area contributed by atoms with Gasteiger partial charge in [-0.25, -0.2) is 4.98 Å². The number of methoxy groups -OCH3 is 3. The van der Waals surface area contributed by atoms with Crippen LogP contribution in [0.25, 0.3) is 0 Å². The number of ether oxygens (including phenoxy) is 4. The van der Waals surface area contributed by atoms with Crippen molar-refractivity contribution in [3.8, 4) is 29.6 Å². The van der Waals surface area contributed by atoms with Crippen molar-refractivity contribution in [2.24, 2.45) is 0 Å². The third kappa shape index (κ3) is 5.52. The molecule has 0 unspecified atom stereocenters. The molecule has 0 saturated heterocycles. The zero-order valence-corrected chi connectivity index (χ0v) is 19.8. The van der Waals surface area contributed by atoms with Gasteiger partial charge in [0.15, 0.2) is 5.69 Å². The van der Waals surface area contributed by atoms with Gasteiger partial charge in [-0.05, 0) is 6.07 Å². The van der Waals surface area contributed by atoms with E-state index in [-0.39, 0.29) is 35.8 Å². The number of nitrogens with zero attached hydrogens (tertiary/aromatic N) is 4. The van der Waals surface area contributed by atoms with Crippen molar-refractivity contribution in [3.05, 3.63) is 30.3 Å². The maximum atomic E-state index is 12.6. The fraction of sp³-hybridized carbons (Fsp3) is 0.350. The Morgan fingerprint density at radius 1 is 1.00 bits per heavy atom. The van der Waals surface area contributed by atoms with Gasteiger partial charge in [-0.1, -0.05) is 19.6 Å². The molecule has 0 radical (unpaired) electrons. The van der Waals surface area contributed by atoms with E-state index in [4.69, 9.17) is 23.4 Å². The molecule has 12 heteroatoms. The second-order valence-corrected chi connectivity index (χ2v) is 12.7. The van der Waals surface area contributed by atoms with Crippen molar-refractivity contribution in [1.82, 2.24) is 19.9 Å². The Morgan fingerprint density at radius 3 is 2.28 bits per heavy atom. The van der Waals surface area contributed by atoms with Crippen LogP contribution in [0.1, 0.15) is 5.76 Å². The molecule has 1 amide bonds. The standard InChI is InChI=1S/C20H25N5O6Si/c1-27-18-17(19(28-2)25-20(24-18)29-3)22-13(26)9-12-7-8-16(30-12)31-14-10-21-11-15(23-14)32(4,5)6/h7-8,10-11H,9H2,1-6H3,(H,22,26). The first-order chi connectivity index (χ1) is 15.2. The van der Waals surface area contributed by atoms with Crippen molar-refractivity contribution < 1.29 is 28.2 Å². The molecule has 1 N–H and O–H groups in total. The third-order valence-corrected chi connectivity index (χ3v) is 5.99. The summed E-state index contributed by atoms with van der Waals surface area (Å²) in [7, 11) is 2.60. The van der Waals surface area contributed by atoms with Gasteiger partial charge in [0.2, 0.25) is 23.5 Å². The molecule has 0 spiro atoms. The Bertz CT molecular complexity index is 1070. The summed E-state index contributed by atoms with van der Waals surface area (Å²) in [5.74, 6) is 0.742. The molecular formula is C20H25N5O6Si. The van der Waals surface area contributed by atoms with Crippen LogP contribution in [0.3, 0.4) is 0 Å². The molecule has 3 heterocycles. The second-order valence-electron chi connectivity index (χ2n) is 7.64. The minimum atomic E-state index is -1.63. The highest BCUT2D eigenvalue weighted by Crippen LogP contribution is 2.33. The third-order valence-electron chi connectivity index (χ3n) is 4.21. The molecule has 3 aromatic heterocycles. The van der Waals surface area contributed by atoms with Gasteiger partial charge in [0.25, 0.3) is 5.95 Å². The Morgan fingerprint density at radius 2 is 1.69 bits per heavy atom. The number of hydrogen-bond acceptors (Lipinski definition) is 10. The lowest BCUT2D eigenvalue weighted by molar-refractivity contribution is -0.115. The molecule has 11 nitrogen and oxygen atoms in total. The van der Waals surface area contributed by atoms with Crippen LogP contribution in [0.15, 0.2) is 28.9 Å². The van der Waals surface area contributed by atoms with E-state index in [9.17, 15) is 4.79 Å². The fourth-order valence-corrected chi connectivity index (χ4v) is 3.51. The number of carbonyl (C=O) groups is 1. The van der Waals surface area contributed by atoms with Crippen LogP contribution >= 0.6 is 0 Å². The maximum absolute atomic E-state index is 12.6. The Labute approximate surface area is 186 Å². The van der Waals surface area contributed by atoms with Gasteiger partial charge >= 0.3 is 6.01 Å². The summed E-state index contributed by atoms with van der Waals surface area (Å²) in [6.07, 6.45) is 3.20. The molecule has 0 aliphatic heterocycles. The van der Waals surface area contributed by atoms with Crippen LogP contribution in [0, 0.1) is 0 Å². The maximum Gasteiger partial charge on any atom is 0.322 e. The lowest BCUT2D eigenvalue weighted by atomic mass is 10.3. The number of carbonyl (C=O) groups excluding carboxylic acids is 1. The van der Waals surface area contributed by atoms with E-state index in [0.29, 0.717) is 11.6 Å². The first kappa shape index (κ1) is 23.0. The predicted octanol–water partition coefficient (Wildman–Crippen LogP) is 2.40. The smallest absolute Gasteiger partial charge is 0.322 e. The van der Waals surface area contributed by atoms with Crippen LogP contribution in [-0.4, -0.2) is 55.2 Å². The van der Waals surface area contributed by atoms with Crippen molar-refractivity contribution >= 4 is 25.0 Å². The number of amides is 1. The monoisotopic (exact) mass is 459 g/mol. The highest BCUT2D eigenvalue weighted by atomic mass is 28.3. The van der Waals surface area contributed by atoms with Crippen LogP contribution < -0.4 is 29.6 Å². The molecule has 0 aliphatic carbocycles. The quantitative estimate of drug-likeness (QED) is 0.476. The highest BCUT2D eigenvalue weighted by molar-refractivity contribution is 6.88. The van der Waals surface area contributed by atoms with E-state index in [1.807, 2.05) is 0 Å². The van der Waals surface area contributed by atoms with Gasteiger partial charge in [-0.3, -0.25) is 9.78 Å². The summed E-state index contributed by atoms with van der Waals surface area (Å²) in [6, 6.07) is 3.30. The molecule has 0 fully saturated rings. The summed E-state index contributed by atoms with van der Waals surface area (Å²) in [6.45, 7) is 6.51. The molecule has 170 valence electrons. The molecule has 3 aromatic rings. The van der Waals surface area contributed by atoms with Crippen molar-refractivity contribution in [3.63, 3.8) is 0 Å². The van der Waals surface area contributed by atoms with Gasteiger partial charge in [0, 0.05) is 17.6 Å². The normalized spacial score (nSPS) is 11.1. The molecule has 0 saturated carbocycles. The average Bonchev–Trinajstić information content (AvgIpc) is 3.19. The summed E-state index contributed by atoms with van der Waals surface area (Å²) < 4.78 is 26.7. The minimum absolute atomic E-state index is 0.0471. The van der Waals surface area contributed by atoms with Crippen molar-refractivity contribution in [1.29, 1.82) is 0 Å². The first-order valence-corrected chi connectivity index (χ1v) is 13.2. The average molecular weight is 460 g/mol. The Balaban J connectivity index is 1.69. The largest absolute Gasteiger partial charge is 0.479 e. The zero-order chi connectivity index (χ0) is 23.3. The minimum Gasteiger partial charge on any atom is -0.479 e. The molecular weight excluding hydrogens is 434 g/mol. The topological polar surface area (TPSA) is 131 Å². The van der Waals surface area contributed by atoms with Gasteiger partial charge in [-0.15, -0.1) is 0 Å². The Hall–Kier alpha value is -3.67. The summed E-state index contributed by atoms with van der Waals surface area (Å²) in [4.78, 5) is 29.4. The van der Waals surface area contributed by atoms with Crippen LogP contribution in [0.4, 0.5) is 5.69 Å². The summed E-state index contributed by atoms with van der Waals surface area (Å²) in [5.41, 5.74) is 0.183. The Kier molecular flexibility index (Phi) is 6.93. The molecule has 3 rings (SSSR count). The van der Waals surface area contributed by atoms with Gasteiger partial charge in [0.05, 0.1) is 33.9 Å². The van der Waals surface area contributed by atoms with Crippen molar-refractivity contribution in [2.75, 3.05) is 26.6 Å². The predicted molar refractivity (Wildman–Crippen MR) is 118 cm³/mol. The molecule has 0 aliphatic rings. The highest BCUT2D eigenvalue weighted by Gasteiger charge is 2.21. The van der Waals surface area contributed by atoms with E-state index < -0.39 is 14.0 Å². The van der Waals surface area contributed by atoms with E-state index in [1.165, 1.54) is 27.5 Å². The van der Waals surface area contributed by atoms with Gasteiger partial charge in [0.1, 0.15) is 13.8 Å². The van der Waals surface area contributed by atoms with Crippen LogP contribution in [0.5, 0.6) is 29.6 Å². The van der Waals surface area contributed by atoms with Crippen LogP contribution in [-0.2, 0) is 11.2 Å². The number of furan rings is 1. The van der Waals surface area contributed by atoms with Crippen LogP contribution in [0.2, 0.25) is 19.6 Å². The lowest BCUT2D eigenvalue weighted by Crippen LogP contribution is -2.40. The molecule has 0 aromatic carbocycles. The summed E-state index contributed by atoms with van der Waals surface area (Å²) in [5, 5.41) is 3.60. The van der Waals surface area contributed by atoms with Gasteiger partial charge < -0.3 is 28.7 Å². The number of rotatable bonds is 9. The SMILES string of the molecule is COc1nc(OC)c(NC(=O)Cc2ccc(Oc3cncc([Si](C)(C)C)n3)o2)c(OC)n1. The number of aromatic nitrogens is 4. The molecule has 32 heavy (non-hydrogen) atoms. The van der Waals surface area contributed by atoms with Gasteiger partial charge in [-0.2, -0.15) is 9.97 Å². The number of nitrogens with one attached hydrogen (secondary N) is 1. The second kappa shape index (κ2) is 9.64. The van der Waals surface area contributed by atoms with E-state index in [0.717, 1.165) is 5.32 Å². The first-order valence-electron chi connectivity index (χ1n) is 9.66. The van der Waals surface area contributed by atoms with E-state index in [2.05, 4.69) is 44.9 Å². The summed E-state index contributed by atoms with van der Waals surface area (Å²) >= 11 is 0.